The molecule has 1 unspecified atom stereocenters. The molecular weight excluding hydrogens is 312 g/mol. The molecule has 2 N–H and O–H groups in total. The van der Waals surface area contributed by atoms with Gasteiger partial charge in [0.05, 0.1) is 0 Å². The molecule has 0 aliphatic heterocycles. The number of hydrogen-bond acceptors (Lipinski definition) is 2. The van der Waals surface area contributed by atoms with Crippen molar-refractivity contribution in [2.75, 3.05) is 0 Å². The highest BCUT2D eigenvalue weighted by atomic mass is 16.4. The third-order valence-corrected chi connectivity index (χ3v) is 5.29. The van der Waals surface area contributed by atoms with E-state index in [1.165, 1.54) is 5.56 Å². The smallest absolute Gasteiger partial charge is 0.339 e. The SMILES string of the molecule is CCC(C)(c1ccc(C(C)(C)C)cc1)c1ccc(C)c(C(=O)O)c1O. The van der Waals surface area contributed by atoms with Crippen molar-refractivity contribution in [1.29, 1.82) is 0 Å². The summed E-state index contributed by atoms with van der Waals surface area (Å²) in [6.07, 6.45) is 0.748. The highest BCUT2D eigenvalue weighted by Crippen LogP contribution is 2.42. The van der Waals surface area contributed by atoms with Gasteiger partial charge in [0.25, 0.3) is 0 Å². The summed E-state index contributed by atoms with van der Waals surface area (Å²) in [7, 11) is 0. The average Bonchev–Trinajstić information content (AvgIpc) is 2.53. The first-order valence-corrected chi connectivity index (χ1v) is 8.69. The number of rotatable bonds is 4. The maximum atomic E-state index is 11.5. The summed E-state index contributed by atoms with van der Waals surface area (Å²) < 4.78 is 0. The van der Waals surface area contributed by atoms with Crippen molar-refractivity contribution < 1.29 is 15.0 Å². The first-order chi connectivity index (χ1) is 11.5. The van der Waals surface area contributed by atoms with Gasteiger partial charge in [0.2, 0.25) is 0 Å². The van der Waals surface area contributed by atoms with E-state index in [9.17, 15) is 15.0 Å². The van der Waals surface area contributed by atoms with Crippen LogP contribution in [0.4, 0.5) is 0 Å². The van der Waals surface area contributed by atoms with Gasteiger partial charge >= 0.3 is 5.97 Å². The van der Waals surface area contributed by atoms with Gasteiger partial charge in [-0.25, -0.2) is 4.79 Å². The third-order valence-electron chi connectivity index (χ3n) is 5.29. The van der Waals surface area contributed by atoms with Crippen LogP contribution in [0.5, 0.6) is 5.75 Å². The molecule has 0 aromatic heterocycles. The van der Waals surface area contributed by atoms with Crippen LogP contribution in [0.2, 0.25) is 0 Å². The molecule has 25 heavy (non-hydrogen) atoms. The maximum Gasteiger partial charge on any atom is 0.339 e. The Hall–Kier alpha value is -2.29. The number of aryl methyl sites for hydroxylation is 1. The van der Waals surface area contributed by atoms with Crippen molar-refractivity contribution in [3.63, 3.8) is 0 Å². The zero-order valence-corrected chi connectivity index (χ0v) is 16.0. The number of aromatic hydroxyl groups is 1. The summed E-state index contributed by atoms with van der Waals surface area (Å²) in [6, 6.07) is 12.0. The van der Waals surface area contributed by atoms with Gasteiger partial charge in [-0.2, -0.15) is 0 Å². The molecule has 0 saturated heterocycles. The molecular formula is C22H28O3. The molecule has 0 radical (unpaired) electrons. The molecule has 0 heterocycles. The topological polar surface area (TPSA) is 57.5 Å². The van der Waals surface area contributed by atoms with Crippen LogP contribution in [-0.2, 0) is 10.8 Å². The minimum absolute atomic E-state index is 0.0107. The van der Waals surface area contributed by atoms with E-state index >= 15 is 0 Å². The van der Waals surface area contributed by atoms with Gasteiger partial charge in [-0.15, -0.1) is 0 Å². The summed E-state index contributed by atoms with van der Waals surface area (Å²) in [5, 5.41) is 20.1. The van der Waals surface area contributed by atoms with Crippen LogP contribution in [0.1, 0.15) is 73.7 Å². The number of carboxylic acid groups (broad SMARTS) is 1. The van der Waals surface area contributed by atoms with Crippen LogP contribution in [-0.4, -0.2) is 16.2 Å². The molecule has 0 saturated carbocycles. The molecule has 1 atom stereocenters. The zero-order chi connectivity index (χ0) is 19.0. The fraction of sp³-hybridized carbons (Fsp3) is 0.409. The Morgan fingerprint density at radius 3 is 1.92 bits per heavy atom. The average molecular weight is 340 g/mol. The van der Waals surface area contributed by atoms with E-state index in [1.807, 2.05) is 6.07 Å². The van der Waals surface area contributed by atoms with Gasteiger partial charge in [-0.1, -0.05) is 71.0 Å². The largest absolute Gasteiger partial charge is 0.507 e. The molecule has 0 spiro atoms. The van der Waals surface area contributed by atoms with Crippen molar-refractivity contribution in [3.8, 4) is 5.75 Å². The lowest BCUT2D eigenvalue weighted by atomic mass is 9.72. The highest BCUT2D eigenvalue weighted by molar-refractivity contribution is 5.93. The van der Waals surface area contributed by atoms with Crippen molar-refractivity contribution in [3.05, 3.63) is 64.2 Å². The van der Waals surface area contributed by atoms with E-state index in [1.54, 1.807) is 13.0 Å². The van der Waals surface area contributed by atoms with Crippen LogP contribution >= 0.6 is 0 Å². The lowest BCUT2D eigenvalue weighted by Crippen LogP contribution is -2.24. The Bertz CT molecular complexity index is 782. The van der Waals surface area contributed by atoms with Crippen LogP contribution in [0.25, 0.3) is 0 Å². The number of hydrogen-bond donors (Lipinski definition) is 2. The number of carbonyl (C=O) groups is 1. The summed E-state index contributed by atoms with van der Waals surface area (Å²) in [5.41, 5.74) is 3.13. The van der Waals surface area contributed by atoms with Crippen molar-refractivity contribution in [2.24, 2.45) is 0 Å². The standard InChI is InChI=1S/C22H28O3/c1-7-22(6,16-11-9-15(10-12-16)21(3,4)5)17-13-8-14(2)18(19(17)23)20(24)25/h8-13,23H,7H2,1-6H3,(H,24,25). The first kappa shape index (κ1) is 19.0. The second-order valence-corrected chi connectivity index (χ2v) is 7.97. The number of phenols is 1. The first-order valence-electron chi connectivity index (χ1n) is 8.69. The third kappa shape index (κ3) is 3.41. The number of aromatic carboxylic acids is 1. The minimum atomic E-state index is -1.10. The van der Waals surface area contributed by atoms with Gasteiger partial charge in [-0.05, 0) is 35.4 Å². The van der Waals surface area contributed by atoms with Gasteiger partial charge < -0.3 is 10.2 Å². The van der Waals surface area contributed by atoms with Gasteiger partial charge in [0.15, 0.2) is 0 Å². The van der Waals surface area contributed by atoms with Gasteiger partial charge in [-0.3, -0.25) is 0 Å². The normalized spacial score (nSPS) is 14.2. The maximum absolute atomic E-state index is 11.5. The fourth-order valence-electron chi connectivity index (χ4n) is 3.30. The molecule has 2 rings (SSSR count). The monoisotopic (exact) mass is 340 g/mol. The number of carboxylic acids is 1. The molecule has 3 heteroatoms. The molecule has 0 amide bonds. The lowest BCUT2D eigenvalue weighted by Gasteiger charge is -2.32. The molecule has 0 aliphatic rings. The summed E-state index contributed by atoms with van der Waals surface area (Å²) in [5.74, 6) is -1.23. The fourth-order valence-corrected chi connectivity index (χ4v) is 3.30. The zero-order valence-electron chi connectivity index (χ0n) is 16.0. The molecule has 2 aromatic rings. The second-order valence-electron chi connectivity index (χ2n) is 7.97. The number of benzene rings is 2. The Balaban J connectivity index is 2.62. The van der Waals surface area contributed by atoms with E-state index in [2.05, 4.69) is 58.9 Å². The quantitative estimate of drug-likeness (QED) is 0.782. The van der Waals surface area contributed by atoms with E-state index in [4.69, 9.17) is 0 Å². The Labute approximate surface area is 150 Å². The van der Waals surface area contributed by atoms with Crippen molar-refractivity contribution in [2.45, 2.75) is 58.8 Å². The summed E-state index contributed by atoms with van der Waals surface area (Å²) in [6.45, 7) is 12.3. The van der Waals surface area contributed by atoms with E-state index < -0.39 is 11.4 Å². The summed E-state index contributed by atoms with van der Waals surface area (Å²) in [4.78, 5) is 11.5. The van der Waals surface area contributed by atoms with E-state index in [0.717, 1.165) is 12.0 Å². The predicted molar refractivity (Wildman–Crippen MR) is 102 cm³/mol. The van der Waals surface area contributed by atoms with E-state index in [-0.39, 0.29) is 16.7 Å². The molecule has 3 nitrogen and oxygen atoms in total. The Morgan fingerprint density at radius 2 is 1.48 bits per heavy atom. The van der Waals surface area contributed by atoms with Crippen LogP contribution in [0, 0.1) is 6.92 Å². The van der Waals surface area contributed by atoms with E-state index in [0.29, 0.717) is 11.1 Å². The predicted octanol–water partition coefficient (Wildman–Crippen LogP) is 5.41. The highest BCUT2D eigenvalue weighted by Gasteiger charge is 2.32. The molecule has 0 aliphatic carbocycles. The van der Waals surface area contributed by atoms with Crippen molar-refractivity contribution in [1.82, 2.24) is 0 Å². The van der Waals surface area contributed by atoms with Crippen molar-refractivity contribution >= 4 is 5.97 Å². The second kappa shape index (κ2) is 6.55. The van der Waals surface area contributed by atoms with Crippen LogP contribution in [0.15, 0.2) is 36.4 Å². The summed E-state index contributed by atoms with van der Waals surface area (Å²) >= 11 is 0. The lowest BCUT2D eigenvalue weighted by molar-refractivity contribution is 0.0692. The van der Waals surface area contributed by atoms with Gasteiger partial charge in [0.1, 0.15) is 11.3 Å². The Morgan fingerprint density at radius 1 is 0.960 bits per heavy atom. The minimum Gasteiger partial charge on any atom is -0.507 e. The van der Waals surface area contributed by atoms with Crippen LogP contribution < -0.4 is 0 Å². The van der Waals surface area contributed by atoms with Crippen LogP contribution in [0.3, 0.4) is 0 Å². The molecule has 0 fully saturated rings. The molecule has 134 valence electrons. The molecule has 0 bridgehead atoms. The molecule has 2 aromatic carbocycles. The van der Waals surface area contributed by atoms with Gasteiger partial charge in [0, 0.05) is 11.0 Å². The Kier molecular flexibility index (Phi) is 4.99.